The van der Waals surface area contributed by atoms with Crippen LogP contribution in [0.25, 0.3) is 17.1 Å². The van der Waals surface area contributed by atoms with Gasteiger partial charge in [-0.2, -0.15) is 0 Å². The summed E-state index contributed by atoms with van der Waals surface area (Å²) in [5.41, 5.74) is 6.47. The van der Waals surface area contributed by atoms with Crippen molar-refractivity contribution < 1.29 is 17.2 Å². The molecule has 3 aromatic rings. The molecule has 1 N–H and O–H groups in total. The largest absolute Gasteiger partial charge is 0.298 e. The molecule has 6 rings (SSSR count). The van der Waals surface area contributed by atoms with Crippen LogP contribution in [0.15, 0.2) is 60.2 Å². The topological polar surface area (TPSA) is 101 Å². The second-order valence-electron chi connectivity index (χ2n) is 11.4. The van der Waals surface area contributed by atoms with Crippen molar-refractivity contribution in [1.82, 2.24) is 30.4 Å². The van der Waals surface area contributed by atoms with Crippen LogP contribution in [0, 0.1) is 23.0 Å². The molecule has 2 atom stereocenters. The van der Waals surface area contributed by atoms with Crippen LogP contribution in [-0.4, -0.2) is 52.4 Å². The first-order valence-electron chi connectivity index (χ1n) is 13.2. The minimum atomic E-state index is -3.11. The van der Waals surface area contributed by atoms with Crippen LogP contribution in [0.4, 0.5) is 8.78 Å². The standard InChI is InChI=1S/C29H30F2N6O2S/c1-28(2)19-8-11-29(28,26-18(19)14-22(36-37(26)3)25-20(30)6-5-7-21(25)31)23-9-12-32-27(35-23)17-15-33-24(34-16-17)10-13-40(4,38)39/h5-7,9,12,14-16,19,36H,8,10-11,13H2,1-4H3/t19-,29-/m0/s1. The molecule has 2 aliphatic carbocycles. The van der Waals surface area contributed by atoms with Crippen LogP contribution in [0.2, 0.25) is 0 Å². The van der Waals surface area contributed by atoms with Crippen molar-refractivity contribution in [2.24, 2.45) is 11.3 Å². The summed E-state index contributed by atoms with van der Waals surface area (Å²) in [5.74, 6) is -0.149. The third-order valence-corrected chi connectivity index (χ3v) is 9.69. The van der Waals surface area contributed by atoms with Gasteiger partial charge >= 0.3 is 0 Å². The van der Waals surface area contributed by atoms with Crippen molar-refractivity contribution in [2.75, 3.05) is 19.1 Å². The van der Waals surface area contributed by atoms with Crippen LogP contribution in [-0.2, 0) is 21.7 Å². The average molecular weight is 565 g/mol. The van der Waals surface area contributed by atoms with E-state index >= 15 is 0 Å². The van der Waals surface area contributed by atoms with Crippen LogP contribution >= 0.6 is 0 Å². The normalized spacial score (nSPS) is 23.2. The highest BCUT2D eigenvalue weighted by atomic mass is 32.2. The molecule has 8 nitrogen and oxygen atoms in total. The molecule has 1 saturated carbocycles. The second kappa shape index (κ2) is 9.15. The van der Waals surface area contributed by atoms with Gasteiger partial charge < -0.3 is 0 Å². The van der Waals surface area contributed by atoms with Crippen LogP contribution in [0.5, 0.6) is 0 Å². The highest BCUT2D eigenvalue weighted by molar-refractivity contribution is 7.90. The van der Waals surface area contributed by atoms with Gasteiger partial charge in [-0.05, 0) is 54.0 Å². The van der Waals surface area contributed by atoms with Gasteiger partial charge in [-0.25, -0.2) is 37.1 Å². The van der Waals surface area contributed by atoms with Crippen LogP contribution in [0.3, 0.4) is 0 Å². The third kappa shape index (κ3) is 4.01. The quantitative estimate of drug-likeness (QED) is 0.475. The zero-order valence-electron chi connectivity index (χ0n) is 22.7. The number of likely N-dealkylation sites (N-methyl/N-ethyl adjacent to an activating group) is 1. The molecule has 0 radical (unpaired) electrons. The van der Waals surface area contributed by atoms with Crippen molar-refractivity contribution in [3.8, 4) is 11.4 Å². The molecule has 0 spiro atoms. The summed E-state index contributed by atoms with van der Waals surface area (Å²) in [6, 6.07) is 5.83. The Hall–Kier alpha value is -3.73. The van der Waals surface area contributed by atoms with E-state index in [1.165, 1.54) is 24.5 Å². The molecule has 3 heterocycles. The van der Waals surface area contributed by atoms with E-state index in [1.807, 2.05) is 24.2 Å². The molecule has 40 heavy (non-hydrogen) atoms. The number of nitrogens with zero attached hydrogens (tertiary/aromatic N) is 5. The van der Waals surface area contributed by atoms with Gasteiger partial charge in [0.15, 0.2) is 5.82 Å². The number of hydrazine groups is 1. The fourth-order valence-corrected chi connectivity index (χ4v) is 7.42. The maximum atomic E-state index is 14.7. The van der Waals surface area contributed by atoms with Crippen molar-refractivity contribution >= 4 is 15.5 Å². The summed E-state index contributed by atoms with van der Waals surface area (Å²) >= 11 is 0. The van der Waals surface area contributed by atoms with Crippen molar-refractivity contribution in [3.63, 3.8) is 0 Å². The van der Waals surface area contributed by atoms with Crippen LogP contribution in [0.1, 0.15) is 43.8 Å². The predicted molar refractivity (Wildman–Crippen MR) is 147 cm³/mol. The number of allylic oxidation sites excluding steroid dienone is 3. The molecule has 1 aliphatic heterocycles. The lowest BCUT2D eigenvalue weighted by atomic mass is 9.65. The monoisotopic (exact) mass is 564 g/mol. The molecule has 11 heteroatoms. The fraction of sp³-hybridized carbons (Fsp3) is 0.379. The Kier molecular flexibility index (Phi) is 6.06. The number of sulfone groups is 1. The predicted octanol–water partition coefficient (Wildman–Crippen LogP) is 4.23. The number of fused-ring (bicyclic) bond motifs is 4. The maximum absolute atomic E-state index is 14.7. The molecular formula is C29H30F2N6O2S. The molecule has 2 aromatic heterocycles. The summed E-state index contributed by atoms with van der Waals surface area (Å²) in [6.07, 6.45) is 10.1. The Morgan fingerprint density at radius 3 is 2.48 bits per heavy atom. The van der Waals surface area contributed by atoms with E-state index in [0.29, 0.717) is 22.9 Å². The number of aromatic nitrogens is 4. The van der Waals surface area contributed by atoms with Gasteiger partial charge in [0.25, 0.3) is 0 Å². The summed E-state index contributed by atoms with van der Waals surface area (Å²) in [4.78, 5) is 18.2. The molecule has 2 bridgehead atoms. The van der Waals surface area contributed by atoms with Gasteiger partial charge in [0.1, 0.15) is 27.3 Å². The number of hydrogen-bond acceptors (Lipinski definition) is 8. The number of halogens is 2. The van der Waals surface area contributed by atoms with Crippen molar-refractivity contribution in [3.05, 3.63) is 88.9 Å². The molecule has 0 unspecified atom stereocenters. The van der Waals surface area contributed by atoms with Crippen molar-refractivity contribution in [1.29, 1.82) is 0 Å². The number of aryl methyl sites for hydroxylation is 1. The van der Waals surface area contributed by atoms with Gasteiger partial charge in [-0.1, -0.05) is 19.9 Å². The molecule has 1 fully saturated rings. The zero-order valence-corrected chi connectivity index (χ0v) is 23.6. The summed E-state index contributed by atoms with van der Waals surface area (Å²) in [5, 5.41) is 1.89. The van der Waals surface area contributed by atoms with Gasteiger partial charge in [-0.15, -0.1) is 0 Å². The minimum absolute atomic E-state index is 0.0180. The number of benzene rings is 1. The molecule has 0 amide bonds. The zero-order chi connectivity index (χ0) is 28.4. The lowest BCUT2D eigenvalue weighted by Crippen LogP contribution is -2.47. The minimum Gasteiger partial charge on any atom is -0.298 e. The maximum Gasteiger partial charge on any atom is 0.162 e. The van der Waals surface area contributed by atoms with Crippen molar-refractivity contribution in [2.45, 2.75) is 38.5 Å². The molecule has 3 aliphatic rings. The fourth-order valence-electron chi connectivity index (χ4n) is 6.87. The van der Waals surface area contributed by atoms with E-state index in [4.69, 9.17) is 4.98 Å². The van der Waals surface area contributed by atoms with E-state index in [1.54, 1.807) is 18.6 Å². The molecular weight excluding hydrogens is 534 g/mol. The second-order valence-corrected chi connectivity index (χ2v) is 13.6. The average Bonchev–Trinajstić information content (AvgIpc) is 3.28. The molecule has 208 valence electrons. The smallest absolute Gasteiger partial charge is 0.162 e. The first-order chi connectivity index (χ1) is 18.9. The first-order valence-corrected chi connectivity index (χ1v) is 15.2. The summed E-state index contributed by atoms with van der Waals surface area (Å²) < 4.78 is 52.4. The van der Waals surface area contributed by atoms with Gasteiger partial charge in [0.2, 0.25) is 0 Å². The number of rotatable bonds is 6. The summed E-state index contributed by atoms with van der Waals surface area (Å²) in [6.45, 7) is 4.46. The molecule has 0 saturated heterocycles. The number of hydrogen-bond donors (Lipinski definition) is 1. The summed E-state index contributed by atoms with van der Waals surface area (Å²) in [7, 11) is -1.23. The molecule has 1 aromatic carbocycles. The Labute approximate surface area is 232 Å². The van der Waals surface area contributed by atoms with E-state index in [-0.39, 0.29) is 29.1 Å². The Morgan fingerprint density at radius 2 is 1.80 bits per heavy atom. The first kappa shape index (κ1) is 26.5. The Balaban J connectivity index is 1.41. The van der Waals surface area contributed by atoms with E-state index in [0.717, 1.165) is 29.8 Å². The van der Waals surface area contributed by atoms with Crippen LogP contribution < -0.4 is 5.43 Å². The number of nitrogens with one attached hydrogen (secondary N) is 1. The Bertz CT molecular complexity index is 1670. The van der Waals surface area contributed by atoms with E-state index < -0.39 is 26.9 Å². The third-order valence-electron chi connectivity index (χ3n) is 8.74. The lowest BCUT2D eigenvalue weighted by Gasteiger charge is -2.44. The van der Waals surface area contributed by atoms with E-state index in [2.05, 4.69) is 34.2 Å². The SMILES string of the molecule is CN1NC(c2c(F)cccc2F)=CC2=C1[C@@]1(c3ccnc(-c4cnc(CCS(C)(=O)=O)nc4)n3)CC[C@@H]2C1(C)C. The van der Waals surface area contributed by atoms with Gasteiger partial charge in [0, 0.05) is 38.3 Å². The van der Waals surface area contributed by atoms with Gasteiger partial charge in [0.05, 0.1) is 39.4 Å². The van der Waals surface area contributed by atoms with Gasteiger partial charge in [-0.3, -0.25) is 10.4 Å². The highest BCUT2D eigenvalue weighted by Gasteiger charge is 2.66. The van der Waals surface area contributed by atoms with E-state index in [9.17, 15) is 17.2 Å². The Morgan fingerprint density at radius 1 is 1.10 bits per heavy atom. The lowest BCUT2D eigenvalue weighted by molar-refractivity contribution is 0.183. The highest BCUT2D eigenvalue weighted by Crippen LogP contribution is 2.69.